The van der Waals surface area contributed by atoms with E-state index in [4.69, 9.17) is 19.4 Å². The van der Waals surface area contributed by atoms with Crippen LogP contribution >= 0.6 is 0 Å². The number of carbonyl (C=O) groups excluding carboxylic acids is 2. The Kier molecular flexibility index (Phi) is 7.42. The van der Waals surface area contributed by atoms with Gasteiger partial charge in [0.1, 0.15) is 18.4 Å². The van der Waals surface area contributed by atoms with Crippen LogP contribution in [0.3, 0.4) is 0 Å². The Bertz CT molecular complexity index is 1320. The van der Waals surface area contributed by atoms with E-state index in [1.165, 1.54) is 19.2 Å². The van der Waals surface area contributed by atoms with E-state index in [9.17, 15) is 18.0 Å². The van der Waals surface area contributed by atoms with Crippen LogP contribution in [0.5, 0.6) is 5.75 Å². The Balaban J connectivity index is 1.52. The second-order valence-corrected chi connectivity index (χ2v) is 10.2. The first-order valence-electron chi connectivity index (χ1n) is 11.3. The van der Waals surface area contributed by atoms with Crippen LogP contribution in [0.4, 0.5) is 0 Å². The minimum atomic E-state index is -3.69. The first-order chi connectivity index (χ1) is 17.2. The van der Waals surface area contributed by atoms with Crippen LogP contribution in [0, 0.1) is 0 Å². The molecule has 0 amide bonds. The Morgan fingerprint density at radius 3 is 2.00 bits per heavy atom. The molecule has 3 aromatic rings. The van der Waals surface area contributed by atoms with Gasteiger partial charge in [-0.1, -0.05) is 60.7 Å². The summed E-state index contributed by atoms with van der Waals surface area (Å²) in [6.07, 6.45) is 0.780. The third-order valence-corrected chi connectivity index (χ3v) is 6.73. The van der Waals surface area contributed by atoms with Gasteiger partial charge in [0.15, 0.2) is 0 Å². The monoisotopic (exact) mass is 509 g/mol. The van der Waals surface area contributed by atoms with E-state index in [2.05, 4.69) is 0 Å². The number of benzene rings is 3. The highest BCUT2D eigenvalue weighted by molar-refractivity contribution is 7.86. The zero-order chi connectivity index (χ0) is 25.9. The highest BCUT2D eigenvalue weighted by Crippen LogP contribution is 2.44. The number of methoxy groups -OCH3 is 1. The molecule has 36 heavy (non-hydrogen) atoms. The van der Waals surface area contributed by atoms with Gasteiger partial charge in [-0.2, -0.15) is 8.42 Å². The van der Waals surface area contributed by atoms with Gasteiger partial charge in [-0.3, -0.25) is 9.59 Å². The summed E-state index contributed by atoms with van der Waals surface area (Å²) in [7, 11) is -2.44. The first-order valence-corrected chi connectivity index (χ1v) is 13.2. The molecule has 2 unspecified atom stereocenters. The van der Waals surface area contributed by atoms with Gasteiger partial charge in [0.2, 0.25) is 0 Å². The summed E-state index contributed by atoms with van der Waals surface area (Å²) in [4.78, 5) is 25.1. The predicted molar refractivity (Wildman–Crippen MR) is 134 cm³/mol. The number of fused-ring (bicyclic) bond motifs is 3. The van der Waals surface area contributed by atoms with Crippen molar-refractivity contribution in [2.24, 2.45) is 5.73 Å². The van der Waals surface area contributed by atoms with Crippen molar-refractivity contribution < 1.29 is 31.7 Å². The van der Waals surface area contributed by atoms with Crippen molar-refractivity contribution in [3.05, 3.63) is 89.5 Å². The molecule has 0 saturated heterocycles. The molecule has 0 radical (unpaired) electrons. The molecule has 9 heteroatoms. The summed E-state index contributed by atoms with van der Waals surface area (Å²) in [5.74, 6) is -1.96. The summed E-state index contributed by atoms with van der Waals surface area (Å²) in [6.45, 7) is 0.104. The summed E-state index contributed by atoms with van der Waals surface area (Å²) < 4.78 is 38.1. The fourth-order valence-corrected chi connectivity index (χ4v) is 4.99. The lowest BCUT2D eigenvalue weighted by molar-refractivity contribution is -0.147. The van der Waals surface area contributed by atoms with Gasteiger partial charge < -0.3 is 19.4 Å². The van der Waals surface area contributed by atoms with Crippen LogP contribution < -0.4 is 9.92 Å². The second kappa shape index (κ2) is 10.5. The maximum absolute atomic E-state index is 13.1. The van der Waals surface area contributed by atoms with Crippen molar-refractivity contribution in [1.82, 2.24) is 0 Å². The lowest BCUT2D eigenvalue weighted by Gasteiger charge is -2.23. The van der Waals surface area contributed by atoms with Crippen molar-refractivity contribution in [1.29, 1.82) is 0 Å². The molecular formula is C27H27NO7S. The maximum Gasteiger partial charge on any atom is 0.323 e. The van der Waals surface area contributed by atoms with E-state index in [1.54, 1.807) is 12.1 Å². The third kappa shape index (κ3) is 5.58. The fourth-order valence-electron chi connectivity index (χ4n) is 4.53. The predicted octanol–water partition coefficient (Wildman–Crippen LogP) is 3.35. The number of esters is 2. The van der Waals surface area contributed by atoms with Gasteiger partial charge in [-0.15, -0.1) is 0 Å². The standard InChI is InChI=1S/C27H27NO7S/c1-33-25(29)15-23(17-11-13-18(14-12-17)35-36(2,31)32)26(28)27(30)34-16-24-21-9-5-3-7-19(21)20-8-4-6-10-22(20)24/h3-14,23-24,26H,15-16,28H2,1-2H3. The summed E-state index contributed by atoms with van der Waals surface area (Å²) >= 11 is 0. The lowest BCUT2D eigenvalue weighted by atomic mass is 9.89. The Labute approximate surface area is 210 Å². The average molecular weight is 510 g/mol. The zero-order valence-corrected chi connectivity index (χ0v) is 20.7. The molecule has 0 spiro atoms. The zero-order valence-electron chi connectivity index (χ0n) is 19.9. The first kappa shape index (κ1) is 25.4. The van der Waals surface area contributed by atoms with Gasteiger partial charge in [0.05, 0.1) is 19.8 Å². The van der Waals surface area contributed by atoms with Crippen LogP contribution in [-0.4, -0.2) is 46.4 Å². The van der Waals surface area contributed by atoms with Crippen LogP contribution in [0.1, 0.15) is 34.9 Å². The highest BCUT2D eigenvalue weighted by Gasteiger charge is 2.33. The van der Waals surface area contributed by atoms with Crippen molar-refractivity contribution >= 4 is 22.1 Å². The van der Waals surface area contributed by atoms with Crippen LogP contribution in [0.2, 0.25) is 0 Å². The van der Waals surface area contributed by atoms with Crippen molar-refractivity contribution in [2.75, 3.05) is 20.0 Å². The van der Waals surface area contributed by atoms with E-state index in [-0.39, 0.29) is 24.7 Å². The van der Waals surface area contributed by atoms with Gasteiger partial charge in [-0.25, -0.2) is 0 Å². The van der Waals surface area contributed by atoms with E-state index in [0.29, 0.717) is 5.56 Å². The van der Waals surface area contributed by atoms with Crippen LogP contribution in [0.15, 0.2) is 72.8 Å². The number of hydrogen-bond donors (Lipinski definition) is 1. The molecule has 0 bridgehead atoms. The molecule has 1 aliphatic carbocycles. The second-order valence-electron chi connectivity index (χ2n) is 8.63. The maximum atomic E-state index is 13.1. The van der Waals surface area contributed by atoms with Gasteiger partial charge in [0, 0.05) is 11.8 Å². The molecule has 3 aromatic carbocycles. The van der Waals surface area contributed by atoms with E-state index in [1.807, 2.05) is 48.5 Å². The smallest absolute Gasteiger partial charge is 0.323 e. The topological polar surface area (TPSA) is 122 Å². The van der Waals surface area contributed by atoms with E-state index >= 15 is 0 Å². The van der Waals surface area contributed by atoms with E-state index in [0.717, 1.165) is 28.5 Å². The van der Waals surface area contributed by atoms with Gasteiger partial charge in [0.25, 0.3) is 0 Å². The van der Waals surface area contributed by atoms with Crippen molar-refractivity contribution in [3.8, 4) is 16.9 Å². The average Bonchev–Trinajstić information content (AvgIpc) is 3.18. The third-order valence-electron chi connectivity index (χ3n) is 6.23. The Morgan fingerprint density at radius 1 is 0.917 bits per heavy atom. The number of carbonyl (C=O) groups is 2. The summed E-state index contributed by atoms with van der Waals surface area (Å²) in [5.41, 5.74) is 11.2. The molecule has 8 nitrogen and oxygen atoms in total. The summed E-state index contributed by atoms with van der Waals surface area (Å²) in [5, 5.41) is 0. The molecule has 0 fully saturated rings. The van der Waals surface area contributed by atoms with Crippen LogP contribution in [0.25, 0.3) is 11.1 Å². The summed E-state index contributed by atoms with van der Waals surface area (Å²) in [6, 6.07) is 20.8. The molecule has 2 N–H and O–H groups in total. The normalized spacial score (nSPS) is 14.3. The fraction of sp³-hybridized carbons (Fsp3) is 0.259. The molecule has 188 valence electrons. The van der Waals surface area contributed by atoms with Crippen LogP contribution in [-0.2, 0) is 29.2 Å². The number of rotatable bonds is 9. The number of ether oxygens (including phenoxy) is 2. The minimum absolute atomic E-state index is 0.104. The van der Waals surface area contributed by atoms with Crippen molar-refractivity contribution in [3.63, 3.8) is 0 Å². The molecule has 0 heterocycles. The molecule has 0 aromatic heterocycles. The molecule has 2 atom stereocenters. The van der Waals surface area contributed by atoms with Crippen molar-refractivity contribution in [2.45, 2.75) is 24.3 Å². The van der Waals surface area contributed by atoms with E-state index < -0.39 is 34.0 Å². The molecule has 0 aliphatic heterocycles. The molecule has 1 aliphatic rings. The molecule has 4 rings (SSSR count). The number of nitrogens with two attached hydrogens (primary N) is 1. The quantitative estimate of drug-likeness (QED) is 0.344. The Morgan fingerprint density at radius 2 is 1.47 bits per heavy atom. The minimum Gasteiger partial charge on any atom is -0.469 e. The number of hydrogen-bond acceptors (Lipinski definition) is 8. The molecule has 0 saturated carbocycles. The SMILES string of the molecule is COC(=O)CC(c1ccc(OS(C)(=O)=O)cc1)C(N)C(=O)OCC1c2ccccc2-c2ccccc21. The van der Waals surface area contributed by atoms with Gasteiger partial charge >= 0.3 is 22.1 Å². The largest absolute Gasteiger partial charge is 0.469 e. The Hall–Kier alpha value is -3.69. The van der Waals surface area contributed by atoms with Gasteiger partial charge in [-0.05, 0) is 39.9 Å². The highest BCUT2D eigenvalue weighted by atomic mass is 32.2. The lowest BCUT2D eigenvalue weighted by Crippen LogP contribution is -2.39. The molecular weight excluding hydrogens is 482 g/mol.